The van der Waals surface area contributed by atoms with Crippen molar-refractivity contribution in [2.45, 2.75) is 45.3 Å². The lowest BCUT2D eigenvalue weighted by atomic mass is 10.0. The van der Waals surface area contributed by atoms with Gasteiger partial charge in [0.2, 0.25) is 5.91 Å². The molecular weight excluding hydrogens is 242 g/mol. The molecule has 1 amide bonds. The minimum Gasteiger partial charge on any atom is -0.393 e. The van der Waals surface area contributed by atoms with Gasteiger partial charge in [0.05, 0.1) is 17.6 Å². The molecule has 17 heavy (non-hydrogen) atoms. The molecule has 1 aliphatic rings. The highest BCUT2D eigenvalue weighted by Crippen LogP contribution is 2.21. The van der Waals surface area contributed by atoms with E-state index in [0.717, 1.165) is 0 Å². The zero-order valence-corrected chi connectivity index (χ0v) is 11.2. The van der Waals surface area contributed by atoms with E-state index in [2.05, 4.69) is 5.32 Å². The number of carbonyl (C=O) groups excluding carboxylic acids is 1. The first kappa shape index (κ1) is 14.4. The third-order valence-electron chi connectivity index (χ3n) is 2.90. The Morgan fingerprint density at radius 2 is 2.12 bits per heavy atom. The van der Waals surface area contributed by atoms with Crippen molar-refractivity contribution >= 4 is 15.7 Å². The maximum atomic E-state index is 11.6. The molecule has 100 valence electrons. The average Bonchev–Trinajstić information content (AvgIpc) is 2.42. The first-order chi connectivity index (χ1) is 7.78. The van der Waals surface area contributed by atoms with Crippen LogP contribution in [0.5, 0.6) is 0 Å². The normalized spacial score (nSPS) is 26.4. The number of aliphatic hydroxyl groups excluding tert-OH is 1. The Morgan fingerprint density at radius 3 is 2.59 bits per heavy atom. The van der Waals surface area contributed by atoms with E-state index in [1.54, 1.807) is 6.92 Å². The lowest BCUT2D eigenvalue weighted by Crippen LogP contribution is -2.35. The molecule has 1 fully saturated rings. The van der Waals surface area contributed by atoms with Crippen molar-refractivity contribution in [3.8, 4) is 0 Å². The summed E-state index contributed by atoms with van der Waals surface area (Å²) in [5, 5.41) is 11.9. The van der Waals surface area contributed by atoms with E-state index in [9.17, 15) is 13.2 Å². The number of rotatable bonds is 5. The molecule has 0 bridgehead atoms. The average molecular weight is 263 g/mol. The molecule has 0 radical (unpaired) electrons. The Kier molecular flexibility index (Phi) is 4.94. The maximum absolute atomic E-state index is 11.6. The Morgan fingerprint density at radius 1 is 1.47 bits per heavy atom. The second kappa shape index (κ2) is 5.82. The summed E-state index contributed by atoms with van der Waals surface area (Å²) in [6.07, 6.45) is 0.913. The minimum atomic E-state index is -2.91. The van der Waals surface area contributed by atoms with Gasteiger partial charge in [0.25, 0.3) is 0 Å². The standard InChI is InChI=1S/C11H21NO4S/c1-8(5-9(2)13)12-11(14)6-10-3-4-17(15,16)7-10/h8-10,13H,3-7H2,1-2H3,(H,12,14). The predicted molar refractivity (Wildman–Crippen MR) is 65.3 cm³/mol. The summed E-state index contributed by atoms with van der Waals surface area (Å²) in [4.78, 5) is 11.6. The quantitative estimate of drug-likeness (QED) is 0.736. The number of sulfone groups is 1. The third kappa shape index (κ3) is 5.50. The van der Waals surface area contributed by atoms with Crippen LogP contribution < -0.4 is 5.32 Å². The van der Waals surface area contributed by atoms with Gasteiger partial charge >= 0.3 is 0 Å². The van der Waals surface area contributed by atoms with Crippen molar-refractivity contribution in [2.24, 2.45) is 5.92 Å². The third-order valence-corrected chi connectivity index (χ3v) is 4.74. The first-order valence-electron chi connectivity index (χ1n) is 5.96. The lowest BCUT2D eigenvalue weighted by Gasteiger charge is -2.16. The number of amides is 1. The van der Waals surface area contributed by atoms with Gasteiger partial charge in [-0.15, -0.1) is 0 Å². The number of hydrogen-bond donors (Lipinski definition) is 2. The van der Waals surface area contributed by atoms with Gasteiger partial charge in [-0.1, -0.05) is 0 Å². The van der Waals surface area contributed by atoms with Gasteiger partial charge in [-0.25, -0.2) is 8.42 Å². The van der Waals surface area contributed by atoms with Gasteiger partial charge in [-0.2, -0.15) is 0 Å². The fraction of sp³-hybridized carbons (Fsp3) is 0.909. The van der Waals surface area contributed by atoms with Crippen molar-refractivity contribution < 1.29 is 18.3 Å². The number of hydrogen-bond acceptors (Lipinski definition) is 4. The first-order valence-corrected chi connectivity index (χ1v) is 7.78. The molecule has 0 spiro atoms. The molecule has 0 aromatic carbocycles. The van der Waals surface area contributed by atoms with Crippen LogP contribution >= 0.6 is 0 Å². The van der Waals surface area contributed by atoms with E-state index < -0.39 is 15.9 Å². The molecule has 0 aliphatic carbocycles. The summed E-state index contributed by atoms with van der Waals surface area (Å²) < 4.78 is 22.5. The molecule has 0 aromatic rings. The van der Waals surface area contributed by atoms with E-state index in [0.29, 0.717) is 12.8 Å². The van der Waals surface area contributed by atoms with E-state index in [1.807, 2.05) is 6.92 Å². The smallest absolute Gasteiger partial charge is 0.220 e. The van der Waals surface area contributed by atoms with Gasteiger partial charge < -0.3 is 10.4 Å². The molecule has 1 heterocycles. The van der Waals surface area contributed by atoms with E-state index >= 15 is 0 Å². The predicted octanol–water partition coefficient (Wildman–Crippen LogP) is 0.0868. The second-order valence-corrected chi connectivity index (χ2v) is 7.26. The number of aliphatic hydroxyl groups is 1. The van der Waals surface area contributed by atoms with Crippen molar-refractivity contribution in [1.82, 2.24) is 5.32 Å². The molecule has 1 rings (SSSR count). The Balaban J connectivity index is 2.31. The molecule has 1 aliphatic heterocycles. The zero-order valence-electron chi connectivity index (χ0n) is 10.3. The van der Waals surface area contributed by atoms with Gasteiger partial charge in [-0.05, 0) is 32.6 Å². The number of carbonyl (C=O) groups is 1. The molecule has 0 saturated carbocycles. The maximum Gasteiger partial charge on any atom is 0.220 e. The van der Waals surface area contributed by atoms with Crippen molar-refractivity contribution in [1.29, 1.82) is 0 Å². The summed E-state index contributed by atoms with van der Waals surface area (Å²) in [6, 6.07) is -0.0829. The highest BCUT2D eigenvalue weighted by molar-refractivity contribution is 7.91. The molecule has 1 saturated heterocycles. The van der Waals surface area contributed by atoms with Crippen LogP contribution in [0.3, 0.4) is 0 Å². The van der Waals surface area contributed by atoms with Crippen LogP contribution in [0.25, 0.3) is 0 Å². The van der Waals surface area contributed by atoms with Crippen molar-refractivity contribution in [3.05, 3.63) is 0 Å². The Bertz CT molecular complexity index is 364. The summed E-state index contributed by atoms with van der Waals surface area (Å²) >= 11 is 0. The van der Waals surface area contributed by atoms with Crippen LogP contribution in [0, 0.1) is 5.92 Å². The summed E-state index contributed by atoms with van der Waals surface area (Å²) in [5.74, 6) is 0.165. The van der Waals surface area contributed by atoms with E-state index in [4.69, 9.17) is 5.11 Å². The molecule has 3 atom stereocenters. The van der Waals surface area contributed by atoms with Crippen LogP contribution in [-0.2, 0) is 14.6 Å². The van der Waals surface area contributed by atoms with E-state index in [1.165, 1.54) is 0 Å². The summed E-state index contributed by atoms with van der Waals surface area (Å²) in [5.41, 5.74) is 0. The van der Waals surface area contributed by atoms with Crippen LogP contribution in [-0.4, -0.2) is 43.1 Å². The SMILES string of the molecule is CC(O)CC(C)NC(=O)CC1CCS(=O)(=O)C1. The largest absolute Gasteiger partial charge is 0.393 e. The summed E-state index contributed by atoms with van der Waals surface area (Å²) in [6.45, 7) is 3.50. The molecule has 5 nitrogen and oxygen atoms in total. The zero-order chi connectivity index (χ0) is 13.1. The fourth-order valence-electron chi connectivity index (χ4n) is 2.20. The lowest BCUT2D eigenvalue weighted by molar-refractivity contribution is -0.122. The molecule has 2 N–H and O–H groups in total. The van der Waals surface area contributed by atoms with Gasteiger partial charge in [0.1, 0.15) is 0 Å². The van der Waals surface area contributed by atoms with Crippen LogP contribution in [0.2, 0.25) is 0 Å². The van der Waals surface area contributed by atoms with Crippen LogP contribution in [0.1, 0.15) is 33.1 Å². The van der Waals surface area contributed by atoms with E-state index in [-0.39, 0.29) is 35.8 Å². The topological polar surface area (TPSA) is 83.5 Å². The monoisotopic (exact) mass is 263 g/mol. The molecule has 6 heteroatoms. The Hall–Kier alpha value is -0.620. The Labute approximate surface area is 103 Å². The molecule has 3 unspecified atom stereocenters. The molecule has 0 aromatic heterocycles. The van der Waals surface area contributed by atoms with Gasteiger partial charge in [0.15, 0.2) is 9.84 Å². The van der Waals surface area contributed by atoms with Gasteiger partial charge in [-0.3, -0.25) is 4.79 Å². The van der Waals surface area contributed by atoms with Crippen LogP contribution in [0.4, 0.5) is 0 Å². The summed E-state index contributed by atoms with van der Waals surface area (Å²) in [7, 11) is -2.91. The minimum absolute atomic E-state index is 0.0428. The highest BCUT2D eigenvalue weighted by Gasteiger charge is 2.29. The number of nitrogens with one attached hydrogen (secondary N) is 1. The van der Waals surface area contributed by atoms with Gasteiger partial charge in [0, 0.05) is 12.5 Å². The van der Waals surface area contributed by atoms with Crippen molar-refractivity contribution in [2.75, 3.05) is 11.5 Å². The second-order valence-electron chi connectivity index (χ2n) is 5.03. The molecular formula is C11H21NO4S. The highest BCUT2D eigenvalue weighted by atomic mass is 32.2. The van der Waals surface area contributed by atoms with Crippen molar-refractivity contribution in [3.63, 3.8) is 0 Å². The fourth-order valence-corrected chi connectivity index (χ4v) is 4.06. The van der Waals surface area contributed by atoms with Crippen LogP contribution in [0.15, 0.2) is 0 Å².